The molecule has 0 spiro atoms. The lowest BCUT2D eigenvalue weighted by Crippen LogP contribution is -2.51. The summed E-state index contributed by atoms with van der Waals surface area (Å²) in [6.07, 6.45) is 0.0793. The second kappa shape index (κ2) is 4.18. The normalized spacial score (nSPS) is 24.6. The molecule has 18 heavy (non-hydrogen) atoms. The molecule has 4 nitrogen and oxygen atoms in total. The van der Waals surface area contributed by atoms with Gasteiger partial charge in [0.1, 0.15) is 6.17 Å². The van der Waals surface area contributed by atoms with E-state index in [1.807, 2.05) is 0 Å². The van der Waals surface area contributed by atoms with Crippen molar-refractivity contribution >= 4 is 11.6 Å². The van der Waals surface area contributed by atoms with Gasteiger partial charge in [-0.1, -0.05) is 29.8 Å². The van der Waals surface area contributed by atoms with Gasteiger partial charge in [0.05, 0.1) is 0 Å². The summed E-state index contributed by atoms with van der Waals surface area (Å²) < 4.78 is 0. The maximum atomic E-state index is 12.4. The lowest BCUT2D eigenvalue weighted by atomic mass is 9.84. The number of hydrogen-bond donors (Lipinski definition) is 0. The van der Waals surface area contributed by atoms with E-state index < -0.39 is 11.1 Å². The van der Waals surface area contributed by atoms with Crippen molar-refractivity contribution in [2.75, 3.05) is 0 Å². The molecule has 0 aliphatic carbocycles. The molecule has 5 heteroatoms. The van der Waals surface area contributed by atoms with Gasteiger partial charge in [-0.2, -0.15) is 0 Å². The van der Waals surface area contributed by atoms with E-state index in [2.05, 4.69) is 0 Å². The fraction of sp³-hybridized carbons (Fsp3) is 0.462. The third kappa shape index (κ3) is 1.68. The van der Waals surface area contributed by atoms with Gasteiger partial charge in [0, 0.05) is 21.7 Å². The van der Waals surface area contributed by atoms with Gasteiger partial charge >= 0.3 is 0 Å². The molecule has 2 rings (SSSR count). The largest absolute Gasteiger partial charge is 0.783 e. The molecule has 0 aromatic heterocycles. The lowest BCUT2D eigenvalue weighted by Gasteiger charge is -2.46. The van der Waals surface area contributed by atoms with Crippen LogP contribution in [-0.4, -0.2) is 21.2 Å². The second-order valence-corrected chi connectivity index (χ2v) is 5.92. The minimum atomic E-state index is -0.816. The van der Waals surface area contributed by atoms with Gasteiger partial charge in [-0.3, -0.25) is 0 Å². The molecule has 1 heterocycles. The van der Waals surface area contributed by atoms with Crippen molar-refractivity contribution in [2.24, 2.45) is 0 Å². The Balaban J connectivity index is 2.51. The summed E-state index contributed by atoms with van der Waals surface area (Å²) in [5.41, 5.74) is -1.16. The summed E-state index contributed by atoms with van der Waals surface area (Å²) in [5, 5.41) is 26.7. The molecule has 0 amide bonds. The molecule has 1 aliphatic heterocycles. The van der Waals surface area contributed by atoms with Crippen molar-refractivity contribution in [1.29, 1.82) is 0 Å². The number of hydroxylamine groups is 4. The van der Waals surface area contributed by atoms with E-state index in [-0.39, 0.29) is 6.17 Å². The van der Waals surface area contributed by atoms with Gasteiger partial charge < -0.3 is 20.5 Å². The zero-order valence-electron chi connectivity index (χ0n) is 10.9. The van der Waals surface area contributed by atoms with E-state index in [0.29, 0.717) is 10.6 Å². The van der Waals surface area contributed by atoms with Gasteiger partial charge in [0.25, 0.3) is 0 Å². The summed E-state index contributed by atoms with van der Waals surface area (Å²) in [6, 6.07) is 6.88. The average Bonchev–Trinajstić information content (AvgIpc) is 2.40. The molecule has 1 radical (unpaired) electrons. The van der Waals surface area contributed by atoms with Crippen LogP contribution in [0.1, 0.15) is 33.3 Å². The summed E-state index contributed by atoms with van der Waals surface area (Å²) in [6.45, 7) is 7.03. The summed E-state index contributed by atoms with van der Waals surface area (Å²) >= 11 is 6.07. The molecule has 0 bridgehead atoms. The molecule has 1 aromatic carbocycles. The Morgan fingerprint density at radius 3 is 1.83 bits per heavy atom. The van der Waals surface area contributed by atoms with E-state index >= 15 is 0 Å². The Morgan fingerprint density at radius 1 is 0.944 bits per heavy atom. The minimum absolute atomic E-state index is 0.0793. The lowest BCUT2D eigenvalue weighted by molar-refractivity contribution is 0.154. The van der Waals surface area contributed by atoms with E-state index in [1.54, 1.807) is 52.0 Å². The molecule has 1 aromatic rings. The average molecular weight is 268 g/mol. The van der Waals surface area contributed by atoms with Crippen LogP contribution in [0.25, 0.3) is 0 Å². The fourth-order valence-electron chi connectivity index (χ4n) is 1.97. The molecule has 1 fully saturated rings. The molecule has 99 valence electrons. The highest BCUT2D eigenvalue weighted by Gasteiger charge is 2.50. The topological polar surface area (TPSA) is 52.6 Å². The van der Waals surface area contributed by atoms with Crippen molar-refractivity contribution in [2.45, 2.75) is 38.8 Å². The summed E-state index contributed by atoms with van der Waals surface area (Å²) in [4.78, 5) is 0. The molecular formula is C13H16ClN2O2-2. The first kappa shape index (κ1) is 13.8. The first-order valence-corrected chi connectivity index (χ1v) is 6.15. The molecule has 0 N–H and O–H groups in total. The molecule has 0 unspecified atom stereocenters. The van der Waals surface area contributed by atoms with Crippen molar-refractivity contribution in [1.82, 2.24) is 10.1 Å². The van der Waals surface area contributed by atoms with Crippen molar-refractivity contribution in [3.63, 3.8) is 0 Å². The minimum Gasteiger partial charge on any atom is -0.783 e. The van der Waals surface area contributed by atoms with Crippen molar-refractivity contribution < 1.29 is 0 Å². The number of hydrogen-bond acceptors (Lipinski definition) is 4. The third-order valence-corrected chi connectivity index (χ3v) is 4.34. The van der Waals surface area contributed by atoms with Crippen LogP contribution in [0, 0.1) is 16.6 Å². The Kier molecular flexibility index (Phi) is 3.20. The quantitative estimate of drug-likeness (QED) is 0.783. The molecule has 1 saturated heterocycles. The van der Waals surface area contributed by atoms with Crippen LogP contribution in [0.5, 0.6) is 0 Å². The standard InChI is InChI=1S/C13H16ClN2O2/c1-12(2)13(3,4)16(18)11(15(12)17)9-7-5-6-8-10(9)14/h5-8H,1-4H3/q-2. The Bertz CT molecular complexity index is 442. The van der Waals surface area contributed by atoms with E-state index in [0.717, 1.165) is 10.1 Å². The fourth-order valence-corrected chi connectivity index (χ4v) is 2.19. The van der Waals surface area contributed by atoms with Crippen LogP contribution in [0.3, 0.4) is 0 Å². The van der Waals surface area contributed by atoms with Crippen LogP contribution < -0.4 is 0 Å². The van der Waals surface area contributed by atoms with Crippen LogP contribution >= 0.6 is 11.6 Å². The van der Waals surface area contributed by atoms with E-state index in [1.165, 1.54) is 0 Å². The number of benzene rings is 1. The van der Waals surface area contributed by atoms with E-state index in [4.69, 9.17) is 11.6 Å². The maximum Gasteiger partial charge on any atom is 0.115 e. The highest BCUT2D eigenvalue weighted by molar-refractivity contribution is 6.31. The predicted molar refractivity (Wildman–Crippen MR) is 72.4 cm³/mol. The van der Waals surface area contributed by atoms with Gasteiger partial charge in [0.2, 0.25) is 0 Å². The van der Waals surface area contributed by atoms with Crippen LogP contribution in [0.4, 0.5) is 0 Å². The van der Waals surface area contributed by atoms with Gasteiger partial charge in [-0.15, -0.1) is 0 Å². The molecular weight excluding hydrogens is 252 g/mol. The van der Waals surface area contributed by atoms with Crippen LogP contribution in [0.2, 0.25) is 5.02 Å². The highest BCUT2D eigenvalue weighted by atomic mass is 35.5. The first-order chi connectivity index (χ1) is 8.21. The third-order valence-electron chi connectivity index (χ3n) is 4.01. The SMILES string of the molecule is CC1(C)N([O-])[C](c2ccccc2Cl)N([O-])C1(C)C. The smallest absolute Gasteiger partial charge is 0.115 e. The van der Waals surface area contributed by atoms with Crippen LogP contribution in [0.15, 0.2) is 24.3 Å². The van der Waals surface area contributed by atoms with Crippen molar-refractivity contribution in [3.05, 3.63) is 51.4 Å². The van der Waals surface area contributed by atoms with Gasteiger partial charge in [-0.25, -0.2) is 0 Å². The van der Waals surface area contributed by atoms with Gasteiger partial charge in [0.15, 0.2) is 0 Å². The van der Waals surface area contributed by atoms with Crippen LogP contribution in [-0.2, 0) is 0 Å². The van der Waals surface area contributed by atoms with E-state index in [9.17, 15) is 10.4 Å². The monoisotopic (exact) mass is 267 g/mol. The predicted octanol–water partition coefficient (Wildman–Crippen LogP) is 3.35. The number of nitrogens with zero attached hydrogens (tertiary/aromatic N) is 2. The maximum absolute atomic E-state index is 12.4. The zero-order chi connectivity index (χ0) is 13.7. The Morgan fingerprint density at radius 2 is 1.39 bits per heavy atom. The summed E-state index contributed by atoms with van der Waals surface area (Å²) in [5.74, 6) is 0. The first-order valence-electron chi connectivity index (χ1n) is 5.78. The van der Waals surface area contributed by atoms with Gasteiger partial charge in [-0.05, 0) is 33.8 Å². The highest BCUT2D eigenvalue weighted by Crippen LogP contribution is 2.48. The number of halogens is 1. The molecule has 1 aliphatic rings. The number of rotatable bonds is 1. The molecule has 0 saturated carbocycles. The Hall–Kier alpha value is -0.650. The molecule has 0 atom stereocenters. The second-order valence-electron chi connectivity index (χ2n) is 5.51. The Labute approximate surface area is 112 Å². The zero-order valence-corrected chi connectivity index (χ0v) is 11.7. The summed E-state index contributed by atoms with van der Waals surface area (Å²) in [7, 11) is 0. The van der Waals surface area contributed by atoms with Crippen molar-refractivity contribution in [3.8, 4) is 0 Å².